The molecule has 152 valence electrons. The molecule has 2 heterocycles. The van der Waals surface area contributed by atoms with E-state index < -0.39 is 45.6 Å². The summed E-state index contributed by atoms with van der Waals surface area (Å²) in [6.07, 6.45) is 0.235. The topological polar surface area (TPSA) is 92.8 Å². The van der Waals surface area contributed by atoms with Crippen molar-refractivity contribution in [3.8, 4) is 0 Å². The number of hydrogen-bond donors (Lipinski definition) is 1. The van der Waals surface area contributed by atoms with Crippen molar-refractivity contribution in [1.82, 2.24) is 10.2 Å². The third-order valence-electron chi connectivity index (χ3n) is 4.87. The van der Waals surface area contributed by atoms with Crippen LogP contribution in [0.5, 0.6) is 0 Å². The lowest BCUT2D eigenvalue weighted by atomic mass is 9.93. The molecular weight excluding hydrogens is 394 g/mol. The SMILES string of the molecule is CCOC(=O)C1=C(C)N([C@H]2CCS(=O)(=O)C2)C(=O)N[C@H]1c1ccc(F)cc1F. The van der Waals surface area contributed by atoms with Crippen molar-refractivity contribution in [2.24, 2.45) is 0 Å². The van der Waals surface area contributed by atoms with Gasteiger partial charge in [-0.1, -0.05) is 6.07 Å². The van der Waals surface area contributed by atoms with E-state index in [1.807, 2.05) is 0 Å². The first-order valence-electron chi connectivity index (χ1n) is 8.77. The molecule has 0 radical (unpaired) electrons. The predicted molar refractivity (Wildman–Crippen MR) is 95.9 cm³/mol. The highest BCUT2D eigenvalue weighted by Crippen LogP contribution is 2.35. The number of esters is 1. The number of nitrogens with one attached hydrogen (secondary N) is 1. The summed E-state index contributed by atoms with van der Waals surface area (Å²) in [5.41, 5.74) is 0.0881. The van der Waals surface area contributed by atoms with Gasteiger partial charge in [-0.05, 0) is 26.3 Å². The summed E-state index contributed by atoms with van der Waals surface area (Å²) >= 11 is 0. The molecule has 0 aliphatic carbocycles. The van der Waals surface area contributed by atoms with Gasteiger partial charge in [-0.25, -0.2) is 26.8 Å². The van der Waals surface area contributed by atoms with Gasteiger partial charge in [0.15, 0.2) is 9.84 Å². The van der Waals surface area contributed by atoms with Crippen molar-refractivity contribution in [3.05, 3.63) is 46.7 Å². The number of carbonyl (C=O) groups excluding carboxylic acids is 2. The van der Waals surface area contributed by atoms with E-state index in [2.05, 4.69) is 5.32 Å². The van der Waals surface area contributed by atoms with E-state index in [1.54, 1.807) is 6.92 Å². The summed E-state index contributed by atoms with van der Waals surface area (Å²) in [5.74, 6) is -2.75. The fourth-order valence-electron chi connectivity index (χ4n) is 3.62. The van der Waals surface area contributed by atoms with Gasteiger partial charge in [-0.2, -0.15) is 0 Å². The van der Waals surface area contributed by atoms with E-state index in [9.17, 15) is 26.8 Å². The van der Waals surface area contributed by atoms with Gasteiger partial charge in [0.05, 0.1) is 35.8 Å². The molecule has 2 aliphatic rings. The standard InChI is InChI=1S/C18H20F2N2O5S/c1-3-27-17(23)15-10(2)22(12-6-7-28(25,26)9-12)18(24)21-16(15)13-5-4-11(19)8-14(13)20/h4-5,8,12,16H,3,6-7,9H2,1-2H3,(H,21,24)/t12-,16-/m0/s1. The zero-order chi connectivity index (χ0) is 20.6. The van der Waals surface area contributed by atoms with E-state index in [1.165, 1.54) is 11.8 Å². The molecule has 2 amide bonds. The number of rotatable bonds is 4. The number of carbonyl (C=O) groups is 2. The van der Waals surface area contributed by atoms with Gasteiger partial charge in [0, 0.05) is 17.3 Å². The lowest BCUT2D eigenvalue weighted by molar-refractivity contribution is -0.139. The Morgan fingerprint density at radius 3 is 2.64 bits per heavy atom. The molecule has 10 heteroatoms. The van der Waals surface area contributed by atoms with Crippen molar-refractivity contribution in [2.75, 3.05) is 18.1 Å². The maximum Gasteiger partial charge on any atom is 0.338 e. The Bertz CT molecular complexity index is 961. The second-order valence-corrected chi connectivity index (χ2v) is 8.92. The Hall–Kier alpha value is -2.49. The van der Waals surface area contributed by atoms with Gasteiger partial charge in [-0.15, -0.1) is 0 Å². The van der Waals surface area contributed by atoms with Crippen LogP contribution >= 0.6 is 0 Å². The third kappa shape index (κ3) is 3.73. The predicted octanol–water partition coefficient (Wildman–Crippen LogP) is 2.06. The number of halogens is 2. The summed E-state index contributed by atoms with van der Waals surface area (Å²) in [6, 6.07) is 0.377. The first kappa shape index (κ1) is 20.2. The quantitative estimate of drug-likeness (QED) is 0.762. The van der Waals surface area contributed by atoms with Crippen LogP contribution in [0.4, 0.5) is 13.6 Å². The van der Waals surface area contributed by atoms with Crippen LogP contribution in [-0.2, 0) is 19.4 Å². The third-order valence-corrected chi connectivity index (χ3v) is 6.62. The molecule has 1 fully saturated rings. The number of hydrogen-bond acceptors (Lipinski definition) is 5. The first-order valence-corrected chi connectivity index (χ1v) is 10.6. The molecule has 1 aromatic carbocycles. The van der Waals surface area contributed by atoms with Gasteiger partial charge in [0.2, 0.25) is 0 Å². The molecule has 0 spiro atoms. The minimum absolute atomic E-state index is 0.0174. The van der Waals surface area contributed by atoms with Crippen LogP contribution < -0.4 is 5.32 Å². The van der Waals surface area contributed by atoms with Crippen molar-refractivity contribution in [1.29, 1.82) is 0 Å². The molecule has 3 rings (SSSR count). The monoisotopic (exact) mass is 414 g/mol. The van der Waals surface area contributed by atoms with E-state index in [0.29, 0.717) is 6.07 Å². The summed E-state index contributed by atoms with van der Waals surface area (Å²) in [5, 5.41) is 2.54. The van der Waals surface area contributed by atoms with Crippen molar-refractivity contribution >= 4 is 21.8 Å². The molecule has 2 aliphatic heterocycles. The summed E-state index contributed by atoms with van der Waals surface area (Å²) in [6.45, 7) is 3.15. The van der Waals surface area contributed by atoms with Crippen molar-refractivity contribution in [2.45, 2.75) is 32.4 Å². The van der Waals surface area contributed by atoms with E-state index in [4.69, 9.17) is 4.74 Å². The molecule has 1 saturated heterocycles. The zero-order valence-electron chi connectivity index (χ0n) is 15.4. The van der Waals surface area contributed by atoms with E-state index in [0.717, 1.165) is 12.1 Å². The molecule has 0 aromatic heterocycles. The van der Waals surface area contributed by atoms with Crippen LogP contribution in [-0.4, -0.2) is 49.5 Å². The highest BCUT2D eigenvalue weighted by molar-refractivity contribution is 7.91. The van der Waals surface area contributed by atoms with Crippen molar-refractivity contribution < 1.29 is 31.5 Å². The number of urea groups is 1. The van der Waals surface area contributed by atoms with Crippen LogP contribution in [0.1, 0.15) is 31.9 Å². The average Bonchev–Trinajstić information content (AvgIpc) is 2.94. The number of nitrogens with zero attached hydrogens (tertiary/aromatic N) is 1. The Morgan fingerprint density at radius 1 is 1.36 bits per heavy atom. The normalized spacial score (nSPS) is 24.3. The summed E-state index contributed by atoms with van der Waals surface area (Å²) in [4.78, 5) is 26.5. The van der Waals surface area contributed by atoms with Gasteiger partial charge in [0.25, 0.3) is 0 Å². The zero-order valence-corrected chi connectivity index (χ0v) is 16.2. The number of amides is 2. The number of ether oxygens (including phenoxy) is 1. The summed E-state index contributed by atoms with van der Waals surface area (Å²) < 4.78 is 56.4. The molecule has 0 bridgehead atoms. The Balaban J connectivity index is 2.09. The second kappa shape index (κ2) is 7.50. The highest BCUT2D eigenvalue weighted by atomic mass is 32.2. The lowest BCUT2D eigenvalue weighted by Gasteiger charge is -2.38. The van der Waals surface area contributed by atoms with Crippen LogP contribution in [0.3, 0.4) is 0 Å². The van der Waals surface area contributed by atoms with Crippen LogP contribution in [0.15, 0.2) is 29.5 Å². The van der Waals surface area contributed by atoms with Crippen LogP contribution in [0.25, 0.3) is 0 Å². The van der Waals surface area contributed by atoms with Crippen molar-refractivity contribution in [3.63, 3.8) is 0 Å². The van der Waals surface area contributed by atoms with Gasteiger partial charge in [-0.3, -0.25) is 4.90 Å². The fourth-order valence-corrected chi connectivity index (χ4v) is 5.32. The van der Waals surface area contributed by atoms with E-state index in [-0.39, 0.29) is 41.4 Å². The molecule has 7 nitrogen and oxygen atoms in total. The molecule has 1 aromatic rings. The molecule has 1 N–H and O–H groups in total. The lowest BCUT2D eigenvalue weighted by Crippen LogP contribution is -2.52. The molecule has 0 unspecified atom stereocenters. The molecule has 0 saturated carbocycles. The molecule has 2 atom stereocenters. The Labute approximate surface area is 161 Å². The van der Waals surface area contributed by atoms with Gasteiger partial charge >= 0.3 is 12.0 Å². The first-order chi connectivity index (χ1) is 13.1. The number of allylic oxidation sites excluding steroid dienone is 1. The molecular formula is C18H20F2N2O5S. The number of benzene rings is 1. The summed E-state index contributed by atoms with van der Waals surface area (Å²) in [7, 11) is -3.28. The largest absolute Gasteiger partial charge is 0.463 e. The average molecular weight is 414 g/mol. The van der Waals surface area contributed by atoms with Gasteiger partial charge < -0.3 is 10.1 Å². The maximum absolute atomic E-state index is 14.4. The van der Waals surface area contributed by atoms with Crippen LogP contribution in [0, 0.1) is 11.6 Å². The van der Waals surface area contributed by atoms with Gasteiger partial charge in [0.1, 0.15) is 11.6 Å². The second-order valence-electron chi connectivity index (χ2n) is 6.69. The van der Waals surface area contributed by atoms with Crippen LogP contribution in [0.2, 0.25) is 0 Å². The maximum atomic E-state index is 14.4. The fraction of sp³-hybridized carbons (Fsp3) is 0.444. The Kier molecular flexibility index (Phi) is 5.42. The Morgan fingerprint density at radius 2 is 2.07 bits per heavy atom. The minimum atomic E-state index is -3.28. The molecule has 28 heavy (non-hydrogen) atoms. The smallest absolute Gasteiger partial charge is 0.338 e. The van der Waals surface area contributed by atoms with E-state index >= 15 is 0 Å². The highest BCUT2D eigenvalue weighted by Gasteiger charge is 2.43. The number of sulfone groups is 1. The minimum Gasteiger partial charge on any atom is -0.463 e.